The molecule has 0 saturated heterocycles. The van der Waals surface area contributed by atoms with Crippen LogP contribution in [0.5, 0.6) is 0 Å². The molecule has 3 aromatic rings. The topological polar surface area (TPSA) is 37.8 Å². The second kappa shape index (κ2) is 5.21. The molecule has 0 aliphatic heterocycles. The summed E-state index contributed by atoms with van der Waals surface area (Å²) in [6, 6.07) is 14.5. The van der Waals surface area contributed by atoms with Crippen LogP contribution in [0.1, 0.15) is 5.69 Å². The minimum absolute atomic E-state index is 0.742. The number of aromatic nitrogens is 2. The number of aryl methyl sites for hydroxylation is 1. The molecule has 100 valence electrons. The number of hydrogen-bond donors (Lipinski definition) is 1. The highest BCUT2D eigenvalue weighted by Gasteiger charge is 2.11. The molecule has 1 heterocycles. The van der Waals surface area contributed by atoms with E-state index in [0.29, 0.717) is 0 Å². The first kappa shape index (κ1) is 13.1. The molecular formula is C16H14BrN3. The van der Waals surface area contributed by atoms with Crippen molar-refractivity contribution in [2.45, 2.75) is 6.92 Å². The molecule has 0 bridgehead atoms. The molecule has 1 N–H and O–H groups in total. The number of nitrogens with one attached hydrogen (secondary N) is 1. The molecule has 0 atom stereocenters. The van der Waals surface area contributed by atoms with E-state index >= 15 is 0 Å². The fourth-order valence-corrected chi connectivity index (χ4v) is 2.64. The molecule has 0 aliphatic carbocycles. The lowest BCUT2D eigenvalue weighted by Crippen LogP contribution is -2.01. The third-order valence-corrected chi connectivity index (χ3v) is 4.23. The predicted octanol–water partition coefficient (Wildman–Crippen LogP) is 4.41. The van der Waals surface area contributed by atoms with Crippen LogP contribution in [0, 0.1) is 6.92 Å². The van der Waals surface area contributed by atoms with Gasteiger partial charge < -0.3 is 5.32 Å². The van der Waals surface area contributed by atoms with E-state index in [-0.39, 0.29) is 0 Å². The zero-order valence-electron chi connectivity index (χ0n) is 11.3. The van der Waals surface area contributed by atoms with E-state index in [9.17, 15) is 0 Å². The summed E-state index contributed by atoms with van der Waals surface area (Å²) in [4.78, 5) is 9.21. The standard InChI is InChI=1S/C16H14BrN3/c1-10-14(17)16(18-2)20-15(19-10)13-9-5-7-11-6-3-4-8-12(11)13/h3-9H,1-2H3,(H,18,19,20). The van der Waals surface area contributed by atoms with Gasteiger partial charge in [0.25, 0.3) is 0 Å². The maximum absolute atomic E-state index is 4.60. The first-order chi connectivity index (χ1) is 9.70. The third kappa shape index (κ3) is 2.16. The Morgan fingerprint density at radius 1 is 1.00 bits per heavy atom. The molecule has 20 heavy (non-hydrogen) atoms. The minimum atomic E-state index is 0.742. The molecule has 4 heteroatoms. The fourth-order valence-electron chi connectivity index (χ4n) is 2.27. The van der Waals surface area contributed by atoms with E-state index in [0.717, 1.165) is 27.4 Å². The van der Waals surface area contributed by atoms with Crippen molar-refractivity contribution in [1.82, 2.24) is 9.97 Å². The molecule has 1 aromatic heterocycles. The van der Waals surface area contributed by atoms with Crippen molar-refractivity contribution in [3.63, 3.8) is 0 Å². The van der Waals surface area contributed by atoms with Gasteiger partial charge in [-0.15, -0.1) is 0 Å². The molecule has 0 unspecified atom stereocenters. The van der Waals surface area contributed by atoms with Crippen molar-refractivity contribution >= 4 is 32.5 Å². The minimum Gasteiger partial charge on any atom is -0.372 e. The zero-order chi connectivity index (χ0) is 14.1. The van der Waals surface area contributed by atoms with Crippen LogP contribution in [0.4, 0.5) is 5.82 Å². The molecule has 0 fully saturated rings. The lowest BCUT2D eigenvalue weighted by atomic mass is 10.0. The summed E-state index contributed by atoms with van der Waals surface area (Å²) in [7, 11) is 1.86. The largest absolute Gasteiger partial charge is 0.372 e. The Bertz CT molecular complexity index is 779. The van der Waals surface area contributed by atoms with Crippen molar-refractivity contribution in [3.05, 3.63) is 52.6 Å². The second-order valence-corrected chi connectivity index (χ2v) is 5.36. The van der Waals surface area contributed by atoms with E-state index in [1.54, 1.807) is 0 Å². The van der Waals surface area contributed by atoms with Gasteiger partial charge in [-0.3, -0.25) is 0 Å². The van der Waals surface area contributed by atoms with Gasteiger partial charge >= 0.3 is 0 Å². The number of halogens is 1. The maximum atomic E-state index is 4.60. The summed E-state index contributed by atoms with van der Waals surface area (Å²) < 4.78 is 0.906. The van der Waals surface area contributed by atoms with E-state index < -0.39 is 0 Å². The molecule has 0 aliphatic rings. The van der Waals surface area contributed by atoms with Gasteiger partial charge in [-0.2, -0.15) is 0 Å². The maximum Gasteiger partial charge on any atom is 0.162 e. The van der Waals surface area contributed by atoms with Crippen LogP contribution in [-0.4, -0.2) is 17.0 Å². The normalized spacial score (nSPS) is 10.8. The lowest BCUT2D eigenvalue weighted by Gasteiger charge is -2.10. The van der Waals surface area contributed by atoms with E-state index in [4.69, 9.17) is 0 Å². The smallest absolute Gasteiger partial charge is 0.162 e. The molecule has 3 rings (SSSR count). The third-order valence-electron chi connectivity index (χ3n) is 3.28. The Labute approximate surface area is 126 Å². The molecule has 0 spiro atoms. The van der Waals surface area contributed by atoms with Crippen LogP contribution < -0.4 is 5.32 Å². The van der Waals surface area contributed by atoms with Crippen LogP contribution in [0.3, 0.4) is 0 Å². The summed E-state index contributed by atoms with van der Waals surface area (Å²) in [6.45, 7) is 1.97. The number of benzene rings is 2. The Morgan fingerprint density at radius 2 is 1.75 bits per heavy atom. The monoisotopic (exact) mass is 327 g/mol. The fraction of sp³-hybridized carbons (Fsp3) is 0.125. The van der Waals surface area contributed by atoms with Crippen LogP contribution in [-0.2, 0) is 0 Å². The van der Waals surface area contributed by atoms with E-state index in [1.807, 2.05) is 32.2 Å². The lowest BCUT2D eigenvalue weighted by molar-refractivity contribution is 1.09. The van der Waals surface area contributed by atoms with Crippen LogP contribution in [0.2, 0.25) is 0 Å². The molecule has 3 nitrogen and oxygen atoms in total. The van der Waals surface area contributed by atoms with Gasteiger partial charge in [0, 0.05) is 12.6 Å². The summed E-state index contributed by atoms with van der Waals surface area (Å²) in [5.41, 5.74) is 1.97. The Hall–Kier alpha value is -1.94. The highest BCUT2D eigenvalue weighted by Crippen LogP contribution is 2.30. The summed E-state index contributed by atoms with van der Waals surface area (Å²) in [5, 5.41) is 5.46. The summed E-state index contributed by atoms with van der Waals surface area (Å²) in [5.74, 6) is 1.55. The van der Waals surface area contributed by atoms with Crippen molar-refractivity contribution < 1.29 is 0 Å². The van der Waals surface area contributed by atoms with E-state index in [2.05, 4.69) is 55.5 Å². The van der Waals surface area contributed by atoms with Crippen molar-refractivity contribution in [2.24, 2.45) is 0 Å². The highest BCUT2D eigenvalue weighted by molar-refractivity contribution is 9.10. The van der Waals surface area contributed by atoms with Crippen molar-refractivity contribution in [1.29, 1.82) is 0 Å². The average molecular weight is 328 g/mol. The Balaban J connectivity index is 2.28. The van der Waals surface area contributed by atoms with Gasteiger partial charge in [0.05, 0.1) is 10.2 Å². The van der Waals surface area contributed by atoms with E-state index in [1.165, 1.54) is 10.8 Å². The number of hydrogen-bond acceptors (Lipinski definition) is 3. The number of nitrogens with zero attached hydrogens (tertiary/aromatic N) is 2. The second-order valence-electron chi connectivity index (χ2n) is 4.57. The van der Waals surface area contributed by atoms with Gasteiger partial charge in [-0.05, 0) is 33.6 Å². The first-order valence-corrected chi connectivity index (χ1v) is 7.20. The predicted molar refractivity (Wildman–Crippen MR) is 87.0 cm³/mol. The quantitative estimate of drug-likeness (QED) is 0.757. The van der Waals surface area contributed by atoms with Gasteiger partial charge in [-0.25, -0.2) is 9.97 Å². The van der Waals surface area contributed by atoms with Crippen LogP contribution in [0.15, 0.2) is 46.9 Å². The van der Waals surface area contributed by atoms with Crippen molar-refractivity contribution in [2.75, 3.05) is 12.4 Å². The number of rotatable bonds is 2. The van der Waals surface area contributed by atoms with Crippen LogP contribution >= 0.6 is 15.9 Å². The van der Waals surface area contributed by atoms with Crippen molar-refractivity contribution in [3.8, 4) is 11.4 Å². The Kier molecular flexibility index (Phi) is 3.40. The van der Waals surface area contributed by atoms with Crippen LogP contribution in [0.25, 0.3) is 22.2 Å². The molecule has 0 radical (unpaired) electrons. The van der Waals surface area contributed by atoms with Gasteiger partial charge in [0.1, 0.15) is 5.82 Å². The number of fused-ring (bicyclic) bond motifs is 1. The SMILES string of the molecule is CNc1nc(-c2cccc3ccccc23)nc(C)c1Br. The molecule has 0 amide bonds. The molecule has 2 aromatic carbocycles. The van der Waals surface area contributed by atoms with Gasteiger partial charge in [-0.1, -0.05) is 42.5 Å². The summed E-state index contributed by atoms with van der Waals surface area (Å²) in [6.07, 6.45) is 0. The highest BCUT2D eigenvalue weighted by atomic mass is 79.9. The summed E-state index contributed by atoms with van der Waals surface area (Å²) >= 11 is 3.51. The molecule has 0 saturated carbocycles. The zero-order valence-corrected chi connectivity index (χ0v) is 12.9. The number of anilines is 1. The van der Waals surface area contributed by atoms with Gasteiger partial charge in [0.2, 0.25) is 0 Å². The Morgan fingerprint density at radius 3 is 2.55 bits per heavy atom. The average Bonchev–Trinajstić information content (AvgIpc) is 2.49. The molecular weight excluding hydrogens is 314 g/mol. The van der Waals surface area contributed by atoms with Gasteiger partial charge in [0.15, 0.2) is 5.82 Å². The first-order valence-electron chi connectivity index (χ1n) is 6.40.